The SMILES string of the molecule is COc1c(C)cc(-c2ccccc2)cc1C(N)=O. The van der Waals surface area contributed by atoms with Gasteiger partial charge >= 0.3 is 0 Å². The van der Waals surface area contributed by atoms with Crippen LogP contribution in [0.15, 0.2) is 42.5 Å². The first kappa shape index (κ1) is 12.2. The lowest BCUT2D eigenvalue weighted by molar-refractivity contribution is 0.0997. The molecule has 0 aliphatic rings. The minimum absolute atomic E-state index is 0.413. The molecule has 0 radical (unpaired) electrons. The first-order chi connectivity index (χ1) is 8.63. The van der Waals surface area contributed by atoms with Gasteiger partial charge in [0.15, 0.2) is 0 Å². The van der Waals surface area contributed by atoms with Crippen LogP contribution in [0.3, 0.4) is 0 Å². The highest BCUT2D eigenvalue weighted by molar-refractivity contribution is 5.97. The highest BCUT2D eigenvalue weighted by Crippen LogP contribution is 2.30. The van der Waals surface area contributed by atoms with E-state index in [2.05, 4.69) is 0 Å². The van der Waals surface area contributed by atoms with E-state index in [4.69, 9.17) is 10.5 Å². The summed E-state index contributed by atoms with van der Waals surface area (Å²) in [7, 11) is 1.54. The first-order valence-electron chi connectivity index (χ1n) is 5.67. The summed E-state index contributed by atoms with van der Waals surface area (Å²) in [6.45, 7) is 1.90. The molecule has 0 aliphatic carbocycles. The van der Waals surface area contributed by atoms with Crippen LogP contribution in [0.2, 0.25) is 0 Å². The largest absolute Gasteiger partial charge is 0.496 e. The van der Waals surface area contributed by atoms with Gasteiger partial charge in [0.25, 0.3) is 5.91 Å². The Morgan fingerprint density at radius 1 is 1.11 bits per heavy atom. The molecule has 2 aromatic rings. The lowest BCUT2D eigenvalue weighted by Crippen LogP contribution is -2.13. The zero-order chi connectivity index (χ0) is 13.1. The van der Waals surface area contributed by atoms with Gasteiger partial charge in [0.2, 0.25) is 0 Å². The van der Waals surface area contributed by atoms with E-state index in [1.54, 1.807) is 6.07 Å². The number of hydrogen-bond donors (Lipinski definition) is 1. The van der Waals surface area contributed by atoms with Gasteiger partial charge in [-0.1, -0.05) is 30.3 Å². The summed E-state index contributed by atoms with van der Waals surface area (Å²) in [6.07, 6.45) is 0. The Bertz CT molecular complexity index is 577. The molecule has 2 rings (SSSR count). The number of benzene rings is 2. The molecule has 18 heavy (non-hydrogen) atoms. The maximum atomic E-state index is 11.5. The fourth-order valence-corrected chi connectivity index (χ4v) is 2.03. The zero-order valence-electron chi connectivity index (χ0n) is 10.4. The number of primary amides is 1. The van der Waals surface area contributed by atoms with E-state index in [0.29, 0.717) is 11.3 Å². The van der Waals surface area contributed by atoms with Gasteiger partial charge in [0.1, 0.15) is 5.75 Å². The van der Waals surface area contributed by atoms with Gasteiger partial charge in [-0.3, -0.25) is 4.79 Å². The number of hydrogen-bond acceptors (Lipinski definition) is 2. The van der Waals surface area contributed by atoms with Crippen molar-refractivity contribution in [1.29, 1.82) is 0 Å². The minimum Gasteiger partial charge on any atom is -0.496 e. The molecule has 2 N–H and O–H groups in total. The van der Waals surface area contributed by atoms with Crippen LogP contribution in [-0.2, 0) is 0 Å². The van der Waals surface area contributed by atoms with Gasteiger partial charge in [-0.05, 0) is 35.7 Å². The first-order valence-corrected chi connectivity index (χ1v) is 5.67. The molecule has 0 saturated heterocycles. The van der Waals surface area contributed by atoms with E-state index in [9.17, 15) is 4.79 Å². The van der Waals surface area contributed by atoms with E-state index >= 15 is 0 Å². The standard InChI is InChI=1S/C15H15NO2/c1-10-8-12(11-6-4-3-5-7-11)9-13(15(16)17)14(10)18-2/h3-9H,1-2H3,(H2,16,17). The molecule has 0 unspecified atom stereocenters. The monoisotopic (exact) mass is 241 g/mol. The summed E-state index contributed by atoms with van der Waals surface area (Å²) in [5.74, 6) is 0.0647. The summed E-state index contributed by atoms with van der Waals surface area (Å²) < 4.78 is 5.23. The number of amides is 1. The Morgan fingerprint density at radius 2 is 1.78 bits per heavy atom. The molecule has 92 valence electrons. The van der Waals surface area contributed by atoms with Crippen molar-refractivity contribution in [3.05, 3.63) is 53.6 Å². The third-order valence-corrected chi connectivity index (χ3v) is 2.85. The van der Waals surface area contributed by atoms with Crippen LogP contribution in [0.25, 0.3) is 11.1 Å². The van der Waals surface area contributed by atoms with Gasteiger partial charge in [0.05, 0.1) is 12.7 Å². The molecule has 1 amide bonds. The molecule has 0 fully saturated rings. The second-order valence-electron chi connectivity index (χ2n) is 4.10. The quantitative estimate of drug-likeness (QED) is 0.898. The Balaban J connectivity index is 2.62. The van der Waals surface area contributed by atoms with Gasteiger partial charge in [-0.2, -0.15) is 0 Å². The molecular formula is C15H15NO2. The molecule has 2 aromatic carbocycles. The van der Waals surface area contributed by atoms with Crippen LogP contribution in [0, 0.1) is 6.92 Å². The average molecular weight is 241 g/mol. The summed E-state index contributed by atoms with van der Waals surface area (Å²) in [4.78, 5) is 11.5. The van der Waals surface area contributed by atoms with Crippen molar-refractivity contribution in [2.24, 2.45) is 5.73 Å². The topological polar surface area (TPSA) is 52.3 Å². The molecule has 3 heteroatoms. The second-order valence-corrected chi connectivity index (χ2v) is 4.10. The Labute approximate surface area is 106 Å². The van der Waals surface area contributed by atoms with Crippen LogP contribution in [0.4, 0.5) is 0 Å². The van der Waals surface area contributed by atoms with Gasteiger partial charge in [0, 0.05) is 0 Å². The predicted molar refractivity (Wildman–Crippen MR) is 71.7 cm³/mol. The van der Waals surface area contributed by atoms with E-state index in [-0.39, 0.29) is 0 Å². The summed E-state index contributed by atoms with van der Waals surface area (Å²) in [5.41, 5.74) is 8.70. The molecule has 0 atom stereocenters. The van der Waals surface area contributed by atoms with Crippen molar-refractivity contribution in [3.8, 4) is 16.9 Å². The number of carbonyl (C=O) groups excluding carboxylic acids is 1. The van der Waals surface area contributed by atoms with Crippen molar-refractivity contribution in [2.75, 3.05) is 7.11 Å². The molecule has 0 saturated carbocycles. The predicted octanol–water partition coefficient (Wildman–Crippen LogP) is 2.77. The van der Waals surface area contributed by atoms with Crippen molar-refractivity contribution in [3.63, 3.8) is 0 Å². The number of aryl methyl sites for hydroxylation is 1. The highest BCUT2D eigenvalue weighted by Gasteiger charge is 2.13. The molecule has 0 bridgehead atoms. The Hall–Kier alpha value is -2.29. The third-order valence-electron chi connectivity index (χ3n) is 2.85. The molecular weight excluding hydrogens is 226 g/mol. The van der Waals surface area contributed by atoms with E-state index in [1.165, 1.54) is 7.11 Å². The van der Waals surface area contributed by atoms with Crippen LogP contribution in [-0.4, -0.2) is 13.0 Å². The van der Waals surface area contributed by atoms with Crippen LogP contribution >= 0.6 is 0 Å². The maximum Gasteiger partial charge on any atom is 0.252 e. The average Bonchev–Trinajstić information content (AvgIpc) is 2.38. The lowest BCUT2D eigenvalue weighted by atomic mass is 9.99. The van der Waals surface area contributed by atoms with Crippen LogP contribution in [0.1, 0.15) is 15.9 Å². The highest BCUT2D eigenvalue weighted by atomic mass is 16.5. The van der Waals surface area contributed by atoms with Crippen molar-refractivity contribution in [2.45, 2.75) is 6.92 Å². The zero-order valence-corrected chi connectivity index (χ0v) is 10.4. The van der Waals surface area contributed by atoms with Crippen molar-refractivity contribution >= 4 is 5.91 Å². The van der Waals surface area contributed by atoms with Crippen LogP contribution in [0.5, 0.6) is 5.75 Å². The molecule has 3 nitrogen and oxygen atoms in total. The fourth-order valence-electron chi connectivity index (χ4n) is 2.03. The van der Waals surface area contributed by atoms with Gasteiger partial charge in [-0.25, -0.2) is 0 Å². The minimum atomic E-state index is -0.479. The summed E-state index contributed by atoms with van der Waals surface area (Å²) >= 11 is 0. The van der Waals surface area contributed by atoms with Crippen molar-refractivity contribution in [1.82, 2.24) is 0 Å². The number of ether oxygens (including phenoxy) is 1. The van der Waals surface area contributed by atoms with Gasteiger partial charge in [-0.15, -0.1) is 0 Å². The van der Waals surface area contributed by atoms with E-state index in [1.807, 2.05) is 43.3 Å². The fraction of sp³-hybridized carbons (Fsp3) is 0.133. The number of methoxy groups -OCH3 is 1. The van der Waals surface area contributed by atoms with Crippen LogP contribution < -0.4 is 10.5 Å². The number of carbonyl (C=O) groups is 1. The Kier molecular flexibility index (Phi) is 3.33. The Morgan fingerprint density at radius 3 is 2.33 bits per heavy atom. The lowest BCUT2D eigenvalue weighted by Gasteiger charge is -2.12. The second kappa shape index (κ2) is 4.92. The molecule has 0 heterocycles. The molecule has 0 aromatic heterocycles. The van der Waals surface area contributed by atoms with Crippen molar-refractivity contribution < 1.29 is 9.53 Å². The smallest absolute Gasteiger partial charge is 0.252 e. The summed E-state index contributed by atoms with van der Waals surface area (Å²) in [6, 6.07) is 13.6. The number of nitrogens with two attached hydrogens (primary N) is 1. The van der Waals surface area contributed by atoms with E-state index < -0.39 is 5.91 Å². The number of rotatable bonds is 3. The van der Waals surface area contributed by atoms with Gasteiger partial charge < -0.3 is 10.5 Å². The maximum absolute atomic E-state index is 11.5. The third kappa shape index (κ3) is 2.20. The molecule has 0 spiro atoms. The summed E-state index contributed by atoms with van der Waals surface area (Å²) in [5, 5.41) is 0. The molecule has 0 aliphatic heterocycles. The van der Waals surface area contributed by atoms with E-state index in [0.717, 1.165) is 16.7 Å². The normalized spacial score (nSPS) is 10.1.